The van der Waals surface area contributed by atoms with E-state index < -0.39 is 11.3 Å². The Balaban J connectivity index is 1.33. The SMILES string of the molecule is CC[C@@H]1CN(C(=O)C2(C#N)CC2)C[C@H]1Nc1c(C(N)=O)cnn2cc(-c3cn(-c4ccccc4)nn3)cc12. The number of aromatic nitrogens is 5. The van der Waals surface area contributed by atoms with Crippen molar-refractivity contribution in [3.8, 4) is 23.0 Å². The van der Waals surface area contributed by atoms with Crippen LogP contribution in [0.5, 0.6) is 0 Å². The topological polar surface area (TPSA) is 147 Å². The Bertz CT molecular complexity index is 1580. The number of primary amides is 1. The van der Waals surface area contributed by atoms with Crippen molar-refractivity contribution in [1.29, 1.82) is 5.26 Å². The molecule has 1 aliphatic heterocycles. The number of carbonyl (C=O) groups excluding carboxylic acids is 2. The van der Waals surface area contributed by atoms with Crippen LogP contribution in [0, 0.1) is 22.7 Å². The van der Waals surface area contributed by atoms with Crippen LogP contribution in [-0.4, -0.2) is 60.5 Å². The number of likely N-dealkylation sites (tertiary alicyclic amines) is 1. The summed E-state index contributed by atoms with van der Waals surface area (Å²) in [5.41, 5.74) is 8.71. The molecule has 0 spiro atoms. The predicted molar refractivity (Wildman–Crippen MR) is 139 cm³/mol. The second-order valence-electron chi connectivity index (χ2n) is 10.1. The van der Waals surface area contributed by atoms with E-state index in [0.717, 1.165) is 17.7 Å². The Morgan fingerprint density at radius 2 is 2.00 bits per heavy atom. The van der Waals surface area contributed by atoms with E-state index in [0.29, 0.717) is 42.8 Å². The number of carbonyl (C=O) groups is 2. The lowest BCUT2D eigenvalue weighted by Gasteiger charge is -2.22. The van der Waals surface area contributed by atoms with E-state index in [2.05, 4.69) is 33.7 Å². The lowest BCUT2D eigenvalue weighted by Crippen LogP contribution is -2.36. The van der Waals surface area contributed by atoms with Crippen molar-refractivity contribution in [1.82, 2.24) is 29.5 Å². The molecule has 3 aromatic heterocycles. The highest BCUT2D eigenvalue weighted by Crippen LogP contribution is 2.47. The fraction of sp³-hybridized carbons (Fsp3) is 0.333. The fourth-order valence-electron chi connectivity index (χ4n) is 5.24. The molecule has 192 valence electrons. The van der Waals surface area contributed by atoms with E-state index >= 15 is 0 Å². The van der Waals surface area contributed by atoms with Crippen LogP contribution in [0.4, 0.5) is 5.69 Å². The third-order valence-corrected chi connectivity index (χ3v) is 7.67. The highest BCUT2D eigenvalue weighted by molar-refractivity contribution is 6.02. The summed E-state index contributed by atoms with van der Waals surface area (Å²) in [7, 11) is 0. The average Bonchev–Trinajstić information content (AvgIpc) is 3.26. The van der Waals surface area contributed by atoms with E-state index in [-0.39, 0.29) is 23.4 Å². The van der Waals surface area contributed by atoms with Gasteiger partial charge in [0.2, 0.25) is 5.91 Å². The van der Waals surface area contributed by atoms with Crippen LogP contribution in [0.25, 0.3) is 22.5 Å². The third kappa shape index (κ3) is 3.94. The summed E-state index contributed by atoms with van der Waals surface area (Å²) in [5, 5.41) is 26.0. The first-order valence-electron chi connectivity index (χ1n) is 12.7. The van der Waals surface area contributed by atoms with Gasteiger partial charge in [0.05, 0.1) is 40.9 Å². The highest BCUT2D eigenvalue weighted by atomic mass is 16.2. The molecule has 0 unspecified atom stereocenters. The zero-order valence-electron chi connectivity index (χ0n) is 20.9. The monoisotopic (exact) mass is 509 g/mol. The summed E-state index contributed by atoms with van der Waals surface area (Å²) in [6.45, 7) is 3.10. The van der Waals surface area contributed by atoms with Crippen LogP contribution < -0.4 is 11.1 Å². The van der Waals surface area contributed by atoms with Gasteiger partial charge in [-0.1, -0.05) is 30.3 Å². The molecule has 0 radical (unpaired) electrons. The van der Waals surface area contributed by atoms with Gasteiger partial charge in [0.15, 0.2) is 0 Å². The number of hydrogen-bond donors (Lipinski definition) is 2. The van der Waals surface area contributed by atoms with Crippen LogP contribution in [0.2, 0.25) is 0 Å². The van der Waals surface area contributed by atoms with Crippen LogP contribution in [0.3, 0.4) is 0 Å². The molecule has 1 aliphatic carbocycles. The van der Waals surface area contributed by atoms with Crippen molar-refractivity contribution >= 4 is 23.0 Å². The van der Waals surface area contributed by atoms with Crippen molar-refractivity contribution in [2.75, 3.05) is 18.4 Å². The van der Waals surface area contributed by atoms with E-state index in [9.17, 15) is 14.9 Å². The lowest BCUT2D eigenvalue weighted by atomic mass is 10.00. The Hall–Kier alpha value is -4.72. The number of nitrogens with one attached hydrogen (secondary N) is 1. The average molecular weight is 510 g/mol. The Kier molecular flexibility index (Phi) is 5.60. The molecule has 0 bridgehead atoms. The highest BCUT2D eigenvalue weighted by Gasteiger charge is 2.54. The van der Waals surface area contributed by atoms with Crippen molar-refractivity contribution in [3.05, 3.63) is 60.6 Å². The minimum Gasteiger partial charge on any atom is -0.378 e. The molecule has 11 nitrogen and oxygen atoms in total. The zero-order valence-corrected chi connectivity index (χ0v) is 20.9. The van der Waals surface area contributed by atoms with E-state index in [1.54, 1.807) is 14.1 Å². The van der Waals surface area contributed by atoms with Crippen LogP contribution >= 0.6 is 0 Å². The first-order valence-corrected chi connectivity index (χ1v) is 12.7. The number of fused-ring (bicyclic) bond motifs is 1. The van der Waals surface area contributed by atoms with Gasteiger partial charge in [0, 0.05) is 30.9 Å². The number of rotatable bonds is 7. The molecule has 4 heterocycles. The number of nitrogens with two attached hydrogens (primary N) is 1. The van der Waals surface area contributed by atoms with Gasteiger partial charge in [-0.15, -0.1) is 5.10 Å². The number of para-hydroxylation sites is 1. The molecule has 38 heavy (non-hydrogen) atoms. The predicted octanol–water partition coefficient (Wildman–Crippen LogP) is 2.63. The van der Waals surface area contributed by atoms with Crippen LogP contribution in [-0.2, 0) is 4.79 Å². The van der Waals surface area contributed by atoms with Crippen LogP contribution in [0.1, 0.15) is 36.5 Å². The molecule has 6 rings (SSSR count). The number of anilines is 1. The largest absolute Gasteiger partial charge is 0.378 e. The molecule has 11 heteroatoms. The fourth-order valence-corrected chi connectivity index (χ4v) is 5.24. The smallest absolute Gasteiger partial charge is 0.252 e. The molecule has 2 aliphatic rings. The number of benzene rings is 1. The summed E-state index contributed by atoms with van der Waals surface area (Å²) >= 11 is 0. The second kappa shape index (κ2) is 8.99. The summed E-state index contributed by atoms with van der Waals surface area (Å²) in [6.07, 6.45) is 7.19. The van der Waals surface area contributed by atoms with Gasteiger partial charge in [-0.05, 0) is 43.4 Å². The summed E-state index contributed by atoms with van der Waals surface area (Å²) in [4.78, 5) is 27.2. The van der Waals surface area contributed by atoms with Gasteiger partial charge >= 0.3 is 0 Å². The molecule has 1 saturated heterocycles. The van der Waals surface area contributed by atoms with Crippen LogP contribution in [0.15, 0.2) is 55.0 Å². The zero-order chi connectivity index (χ0) is 26.4. The van der Waals surface area contributed by atoms with E-state index in [4.69, 9.17) is 5.73 Å². The normalized spacial score (nSPS) is 19.8. The molecule has 1 aromatic carbocycles. The lowest BCUT2D eigenvalue weighted by molar-refractivity contribution is -0.134. The molecule has 4 aromatic rings. The van der Waals surface area contributed by atoms with Gasteiger partial charge in [0.1, 0.15) is 11.1 Å². The maximum atomic E-state index is 13.0. The van der Waals surface area contributed by atoms with Crippen molar-refractivity contribution in [3.63, 3.8) is 0 Å². The number of nitriles is 1. The molecule has 2 amide bonds. The number of hydrogen-bond acceptors (Lipinski definition) is 7. The Morgan fingerprint density at radius 1 is 1.21 bits per heavy atom. The first-order chi connectivity index (χ1) is 18.4. The molecule has 2 fully saturated rings. The van der Waals surface area contributed by atoms with Gasteiger partial charge in [-0.3, -0.25) is 9.59 Å². The van der Waals surface area contributed by atoms with Gasteiger partial charge in [-0.25, -0.2) is 9.20 Å². The van der Waals surface area contributed by atoms with E-state index in [1.807, 2.05) is 48.8 Å². The summed E-state index contributed by atoms with van der Waals surface area (Å²) < 4.78 is 3.38. The van der Waals surface area contributed by atoms with E-state index in [1.165, 1.54) is 6.20 Å². The molecule has 3 N–H and O–H groups in total. The van der Waals surface area contributed by atoms with Gasteiger partial charge in [-0.2, -0.15) is 10.4 Å². The minimum atomic E-state index is -0.858. The Labute approximate surface area is 218 Å². The van der Waals surface area contributed by atoms with Crippen molar-refractivity contribution < 1.29 is 9.59 Å². The number of nitrogens with zero attached hydrogens (tertiary/aromatic N) is 7. The minimum absolute atomic E-state index is 0.0933. The Morgan fingerprint density at radius 3 is 2.68 bits per heavy atom. The molecule has 1 saturated carbocycles. The summed E-state index contributed by atoms with van der Waals surface area (Å²) in [6, 6.07) is 13.7. The quantitative estimate of drug-likeness (QED) is 0.389. The van der Waals surface area contributed by atoms with Crippen molar-refractivity contribution in [2.45, 2.75) is 32.2 Å². The molecule has 2 atom stereocenters. The first kappa shape index (κ1) is 23.7. The molecular formula is C27H27N9O2. The standard InChI is InChI=1S/C27H27N9O2/c1-2-17-12-34(26(38)27(16-28)8-9-27)14-21(17)31-24-20(25(29)37)11-30-36-13-18(10-23(24)36)22-15-35(33-32-22)19-6-4-3-5-7-19/h3-7,10-11,13,15,17,21,31H,2,8-9,12,14H2,1H3,(H2,29,37)/t17-,21-/m1/s1. The number of amides is 2. The second-order valence-corrected chi connectivity index (χ2v) is 10.1. The molecular weight excluding hydrogens is 482 g/mol. The van der Waals surface area contributed by atoms with Gasteiger partial charge in [0.25, 0.3) is 5.91 Å². The van der Waals surface area contributed by atoms with Crippen molar-refractivity contribution in [2.24, 2.45) is 17.1 Å². The maximum absolute atomic E-state index is 13.0. The van der Waals surface area contributed by atoms with Gasteiger partial charge < -0.3 is 16.0 Å². The summed E-state index contributed by atoms with van der Waals surface area (Å²) in [5.74, 6) is -0.535. The third-order valence-electron chi connectivity index (χ3n) is 7.67. The maximum Gasteiger partial charge on any atom is 0.252 e.